The summed E-state index contributed by atoms with van der Waals surface area (Å²) >= 11 is 5.93. The maximum atomic E-state index is 13.7. The highest BCUT2D eigenvalue weighted by Crippen LogP contribution is 2.21. The van der Waals surface area contributed by atoms with Gasteiger partial charge in [-0.1, -0.05) is 17.7 Å². The van der Waals surface area contributed by atoms with Crippen LogP contribution in [0.25, 0.3) is 0 Å². The quantitative estimate of drug-likeness (QED) is 0.907. The van der Waals surface area contributed by atoms with Gasteiger partial charge in [0.2, 0.25) is 0 Å². The van der Waals surface area contributed by atoms with E-state index in [2.05, 4.69) is 15.3 Å². The lowest BCUT2D eigenvalue weighted by Crippen LogP contribution is -2.09. The van der Waals surface area contributed by atoms with Crippen molar-refractivity contribution in [3.63, 3.8) is 0 Å². The van der Waals surface area contributed by atoms with Gasteiger partial charge in [0.15, 0.2) is 5.69 Å². The highest BCUT2D eigenvalue weighted by Gasteiger charge is 2.13. The van der Waals surface area contributed by atoms with Gasteiger partial charge in [0.1, 0.15) is 17.5 Å². The summed E-state index contributed by atoms with van der Waals surface area (Å²) in [6.07, 6.45) is 0.0152. The van der Waals surface area contributed by atoms with E-state index in [0.717, 1.165) is 0 Å². The second-order valence-corrected chi connectivity index (χ2v) is 4.39. The van der Waals surface area contributed by atoms with Crippen LogP contribution in [0.3, 0.4) is 0 Å². The summed E-state index contributed by atoms with van der Waals surface area (Å²) in [6.45, 7) is 0. The molecule has 1 heterocycles. The molecule has 2 N–H and O–H groups in total. The average Bonchev–Trinajstić information content (AvgIpc) is 2.42. The average molecular weight is 296 g/mol. The number of carboxylic acid groups (broad SMARTS) is 1. The van der Waals surface area contributed by atoms with E-state index in [1.165, 1.54) is 18.2 Å². The molecule has 0 unspecified atom stereocenters. The van der Waals surface area contributed by atoms with Gasteiger partial charge in [-0.05, 0) is 12.1 Å². The summed E-state index contributed by atoms with van der Waals surface area (Å²) < 4.78 is 13.7. The van der Waals surface area contributed by atoms with Crippen LogP contribution in [0.2, 0.25) is 5.02 Å². The van der Waals surface area contributed by atoms with E-state index in [1.807, 2.05) is 0 Å². The number of rotatable bonds is 4. The summed E-state index contributed by atoms with van der Waals surface area (Å²) in [5.74, 6) is -1.13. The molecule has 0 saturated carbocycles. The molecule has 0 aliphatic heterocycles. The number of nitrogens with zero attached hydrogens (tertiary/aromatic N) is 2. The topological polar surface area (TPSA) is 75.1 Å². The summed E-state index contributed by atoms with van der Waals surface area (Å²) in [6, 6.07) is 5.63. The first-order valence-electron chi connectivity index (χ1n) is 5.73. The Morgan fingerprint density at radius 2 is 2.20 bits per heavy atom. The first kappa shape index (κ1) is 14.2. The molecule has 0 atom stereocenters. The number of anilines is 1. The Morgan fingerprint density at radius 1 is 1.45 bits per heavy atom. The van der Waals surface area contributed by atoms with E-state index in [4.69, 9.17) is 16.7 Å². The Balaban J connectivity index is 2.43. The Labute approximate surface area is 119 Å². The first-order chi connectivity index (χ1) is 9.51. The number of benzene rings is 1. The van der Waals surface area contributed by atoms with Crippen LogP contribution in [-0.2, 0) is 6.42 Å². The molecule has 2 aromatic rings. The number of halogens is 2. The molecule has 20 heavy (non-hydrogen) atoms. The summed E-state index contributed by atoms with van der Waals surface area (Å²) in [5, 5.41) is 12.0. The third kappa shape index (κ3) is 3.03. The molecule has 5 nitrogen and oxygen atoms in total. The van der Waals surface area contributed by atoms with Gasteiger partial charge in [0, 0.05) is 30.1 Å². The highest BCUT2D eigenvalue weighted by atomic mass is 35.5. The number of nitrogens with one attached hydrogen (secondary N) is 1. The number of aromatic nitrogens is 2. The molecular formula is C13H11ClFN3O2. The number of hydrogen-bond donors (Lipinski definition) is 2. The van der Waals surface area contributed by atoms with Gasteiger partial charge in [-0.3, -0.25) is 0 Å². The molecule has 0 amide bonds. The molecule has 2 rings (SSSR count). The number of carboxylic acids is 1. The van der Waals surface area contributed by atoms with Crippen LogP contribution in [0, 0.1) is 5.82 Å². The van der Waals surface area contributed by atoms with Gasteiger partial charge in [0.25, 0.3) is 0 Å². The smallest absolute Gasteiger partial charge is 0.354 e. The van der Waals surface area contributed by atoms with Crippen LogP contribution in [0.1, 0.15) is 21.9 Å². The molecule has 1 aromatic heterocycles. The van der Waals surface area contributed by atoms with E-state index < -0.39 is 11.8 Å². The van der Waals surface area contributed by atoms with E-state index >= 15 is 0 Å². The second kappa shape index (κ2) is 5.83. The number of hydrogen-bond acceptors (Lipinski definition) is 4. The normalized spacial score (nSPS) is 10.3. The van der Waals surface area contributed by atoms with Crippen molar-refractivity contribution in [2.45, 2.75) is 6.42 Å². The fourth-order valence-corrected chi connectivity index (χ4v) is 1.90. The standard InChI is InChI=1S/C13H11ClFN3O2/c1-16-11-6-10(13(19)20)17-12(18-11)5-7-8(14)3-2-4-9(7)15/h2-4,6H,5H2,1H3,(H,19,20)(H,16,17,18). The van der Waals surface area contributed by atoms with Crippen LogP contribution in [0.4, 0.5) is 10.2 Å². The van der Waals surface area contributed by atoms with Crippen LogP contribution < -0.4 is 5.32 Å². The minimum absolute atomic E-state index is 0.0152. The second-order valence-electron chi connectivity index (χ2n) is 3.99. The fraction of sp³-hybridized carbons (Fsp3) is 0.154. The number of carbonyl (C=O) groups is 1. The van der Waals surface area contributed by atoms with E-state index in [1.54, 1.807) is 13.1 Å². The highest BCUT2D eigenvalue weighted by molar-refractivity contribution is 6.31. The van der Waals surface area contributed by atoms with Crippen LogP contribution in [-0.4, -0.2) is 28.1 Å². The first-order valence-corrected chi connectivity index (χ1v) is 6.11. The Morgan fingerprint density at radius 3 is 2.80 bits per heavy atom. The molecule has 1 aromatic carbocycles. The largest absolute Gasteiger partial charge is 0.477 e. The summed E-state index contributed by atoms with van der Waals surface area (Å²) in [4.78, 5) is 19.0. The van der Waals surface area contributed by atoms with Crippen LogP contribution in [0.5, 0.6) is 0 Å². The van der Waals surface area contributed by atoms with Crippen molar-refractivity contribution in [1.29, 1.82) is 0 Å². The molecule has 7 heteroatoms. The molecule has 0 spiro atoms. The predicted molar refractivity (Wildman–Crippen MR) is 72.8 cm³/mol. The Kier molecular flexibility index (Phi) is 4.14. The third-order valence-corrected chi connectivity index (χ3v) is 3.00. The molecule has 0 aliphatic rings. The molecule has 0 aliphatic carbocycles. The van der Waals surface area contributed by atoms with Crippen molar-refractivity contribution in [2.75, 3.05) is 12.4 Å². The molecule has 0 bridgehead atoms. The van der Waals surface area contributed by atoms with Gasteiger partial charge in [0.05, 0.1) is 0 Å². The SMILES string of the molecule is CNc1cc(C(=O)O)nc(Cc2c(F)cccc2Cl)n1. The molecular weight excluding hydrogens is 285 g/mol. The zero-order valence-electron chi connectivity index (χ0n) is 10.5. The molecule has 0 fully saturated rings. The Bertz CT molecular complexity index is 644. The lowest BCUT2D eigenvalue weighted by Gasteiger charge is -2.07. The molecule has 104 valence electrons. The van der Waals surface area contributed by atoms with Crippen molar-refractivity contribution < 1.29 is 14.3 Å². The lowest BCUT2D eigenvalue weighted by atomic mass is 10.1. The fourth-order valence-electron chi connectivity index (χ4n) is 1.67. The minimum atomic E-state index is -1.18. The van der Waals surface area contributed by atoms with Crippen molar-refractivity contribution in [1.82, 2.24) is 9.97 Å². The predicted octanol–water partition coefficient (Wildman–Crippen LogP) is 2.60. The zero-order valence-corrected chi connectivity index (χ0v) is 11.3. The van der Waals surface area contributed by atoms with Crippen molar-refractivity contribution in [3.05, 3.63) is 52.2 Å². The van der Waals surface area contributed by atoms with Gasteiger partial charge in [-0.15, -0.1) is 0 Å². The van der Waals surface area contributed by atoms with Gasteiger partial charge in [-0.25, -0.2) is 19.2 Å². The number of aromatic carboxylic acids is 1. The molecule has 0 radical (unpaired) electrons. The monoisotopic (exact) mass is 295 g/mol. The summed E-state index contributed by atoms with van der Waals surface area (Å²) in [7, 11) is 1.60. The van der Waals surface area contributed by atoms with Gasteiger partial charge < -0.3 is 10.4 Å². The van der Waals surface area contributed by atoms with Gasteiger partial charge in [-0.2, -0.15) is 0 Å². The van der Waals surface area contributed by atoms with Crippen LogP contribution in [0.15, 0.2) is 24.3 Å². The van der Waals surface area contributed by atoms with E-state index in [0.29, 0.717) is 5.82 Å². The summed E-state index contributed by atoms with van der Waals surface area (Å²) in [5.41, 5.74) is 0.0746. The van der Waals surface area contributed by atoms with Crippen molar-refractivity contribution in [2.24, 2.45) is 0 Å². The van der Waals surface area contributed by atoms with Crippen LogP contribution >= 0.6 is 11.6 Å². The van der Waals surface area contributed by atoms with Crippen molar-refractivity contribution in [3.8, 4) is 0 Å². The maximum absolute atomic E-state index is 13.7. The Hall–Kier alpha value is -2.21. The zero-order chi connectivity index (χ0) is 14.7. The lowest BCUT2D eigenvalue weighted by molar-refractivity contribution is 0.0690. The molecule has 0 saturated heterocycles. The maximum Gasteiger partial charge on any atom is 0.354 e. The van der Waals surface area contributed by atoms with E-state index in [9.17, 15) is 9.18 Å². The minimum Gasteiger partial charge on any atom is -0.477 e. The van der Waals surface area contributed by atoms with E-state index in [-0.39, 0.29) is 28.5 Å². The third-order valence-electron chi connectivity index (χ3n) is 2.64. The van der Waals surface area contributed by atoms with Crippen molar-refractivity contribution >= 4 is 23.4 Å². The van der Waals surface area contributed by atoms with Gasteiger partial charge >= 0.3 is 5.97 Å².